The zero-order chi connectivity index (χ0) is 13.4. The second-order valence-corrected chi connectivity index (χ2v) is 4.29. The highest BCUT2D eigenvalue weighted by Crippen LogP contribution is 2.30. The van der Waals surface area contributed by atoms with Crippen LogP contribution in [0, 0.1) is 0 Å². The van der Waals surface area contributed by atoms with Gasteiger partial charge in [-0.1, -0.05) is 19.9 Å². The Bertz CT molecular complexity index is 356. The van der Waals surface area contributed by atoms with E-state index in [1.807, 2.05) is 25.1 Å². The average molecular weight is 252 g/mol. The van der Waals surface area contributed by atoms with Crippen LogP contribution >= 0.6 is 0 Å². The zero-order valence-corrected chi connectivity index (χ0v) is 11.5. The molecular weight excluding hydrogens is 228 g/mol. The normalized spacial score (nSPS) is 12.2. The highest BCUT2D eigenvalue weighted by atomic mass is 16.5. The van der Waals surface area contributed by atoms with Gasteiger partial charge in [-0.3, -0.25) is 11.3 Å². The molecule has 0 fully saturated rings. The van der Waals surface area contributed by atoms with Crippen molar-refractivity contribution in [1.29, 1.82) is 0 Å². The van der Waals surface area contributed by atoms with Gasteiger partial charge in [-0.25, -0.2) is 0 Å². The van der Waals surface area contributed by atoms with Gasteiger partial charge in [-0.05, 0) is 37.5 Å². The maximum Gasteiger partial charge on any atom is 0.161 e. The first-order valence-electron chi connectivity index (χ1n) is 6.58. The molecule has 1 atom stereocenters. The molecule has 4 heteroatoms. The number of rotatable bonds is 8. The maximum absolute atomic E-state index is 5.73. The predicted octanol–water partition coefficient (Wildman–Crippen LogP) is 2.79. The first-order valence-corrected chi connectivity index (χ1v) is 6.58. The van der Waals surface area contributed by atoms with Crippen LogP contribution in [0.3, 0.4) is 0 Å². The number of nitrogens with two attached hydrogens (primary N) is 1. The summed E-state index contributed by atoms with van der Waals surface area (Å²) in [5, 5.41) is 0. The van der Waals surface area contributed by atoms with Crippen molar-refractivity contribution in [3.8, 4) is 11.5 Å². The van der Waals surface area contributed by atoms with Crippen LogP contribution < -0.4 is 20.7 Å². The summed E-state index contributed by atoms with van der Waals surface area (Å²) in [5.74, 6) is 7.05. The quantitative estimate of drug-likeness (QED) is 0.552. The van der Waals surface area contributed by atoms with E-state index in [0.717, 1.165) is 29.9 Å². The summed E-state index contributed by atoms with van der Waals surface area (Å²) >= 11 is 0. The molecule has 0 aliphatic heterocycles. The van der Waals surface area contributed by atoms with E-state index in [0.29, 0.717) is 13.2 Å². The predicted molar refractivity (Wildman–Crippen MR) is 73.8 cm³/mol. The van der Waals surface area contributed by atoms with Gasteiger partial charge in [0.25, 0.3) is 0 Å². The fourth-order valence-corrected chi connectivity index (χ4v) is 1.55. The standard InChI is InChI=1S/C14H24N2O2/c1-4-8-17-13-7-6-12(11(3)16-15)10-14(13)18-9-5-2/h6-7,10-11,16H,4-5,8-9,15H2,1-3H3/t11-/m0/s1. The summed E-state index contributed by atoms with van der Waals surface area (Å²) in [7, 11) is 0. The Labute approximate surface area is 109 Å². The first kappa shape index (κ1) is 14.8. The molecule has 0 heterocycles. The third kappa shape index (κ3) is 4.20. The molecule has 0 amide bonds. The van der Waals surface area contributed by atoms with E-state index in [1.165, 1.54) is 0 Å². The number of ether oxygens (including phenoxy) is 2. The minimum Gasteiger partial charge on any atom is -0.490 e. The van der Waals surface area contributed by atoms with Gasteiger partial charge in [-0.2, -0.15) is 0 Å². The smallest absolute Gasteiger partial charge is 0.161 e. The molecule has 0 radical (unpaired) electrons. The Morgan fingerprint density at radius 1 is 1.11 bits per heavy atom. The highest BCUT2D eigenvalue weighted by Gasteiger charge is 2.10. The number of nitrogens with one attached hydrogen (secondary N) is 1. The largest absolute Gasteiger partial charge is 0.490 e. The third-order valence-corrected chi connectivity index (χ3v) is 2.64. The molecule has 0 unspecified atom stereocenters. The summed E-state index contributed by atoms with van der Waals surface area (Å²) < 4.78 is 11.4. The number of benzene rings is 1. The van der Waals surface area contributed by atoms with Gasteiger partial charge < -0.3 is 9.47 Å². The highest BCUT2D eigenvalue weighted by molar-refractivity contribution is 5.43. The van der Waals surface area contributed by atoms with Crippen LogP contribution in [0.15, 0.2) is 18.2 Å². The van der Waals surface area contributed by atoms with Gasteiger partial charge in [0.05, 0.1) is 13.2 Å². The van der Waals surface area contributed by atoms with Crippen LogP contribution in [0.4, 0.5) is 0 Å². The van der Waals surface area contributed by atoms with Crippen molar-refractivity contribution in [3.05, 3.63) is 23.8 Å². The summed E-state index contributed by atoms with van der Waals surface area (Å²) in [4.78, 5) is 0. The van der Waals surface area contributed by atoms with Crippen molar-refractivity contribution in [2.24, 2.45) is 5.84 Å². The van der Waals surface area contributed by atoms with Crippen molar-refractivity contribution in [3.63, 3.8) is 0 Å². The van der Waals surface area contributed by atoms with Crippen LogP contribution in [0.2, 0.25) is 0 Å². The van der Waals surface area contributed by atoms with Crippen molar-refractivity contribution >= 4 is 0 Å². The monoisotopic (exact) mass is 252 g/mol. The van der Waals surface area contributed by atoms with E-state index in [4.69, 9.17) is 15.3 Å². The van der Waals surface area contributed by atoms with Crippen LogP contribution in [0.25, 0.3) is 0 Å². The van der Waals surface area contributed by atoms with Gasteiger partial charge >= 0.3 is 0 Å². The Hall–Kier alpha value is -1.26. The summed E-state index contributed by atoms with van der Waals surface area (Å²) in [6.07, 6.45) is 1.96. The lowest BCUT2D eigenvalue weighted by Crippen LogP contribution is -2.25. The topological polar surface area (TPSA) is 56.5 Å². The number of hydrazine groups is 1. The van der Waals surface area contributed by atoms with Crippen molar-refractivity contribution in [1.82, 2.24) is 5.43 Å². The lowest BCUT2D eigenvalue weighted by Gasteiger charge is -2.16. The average Bonchev–Trinajstić information content (AvgIpc) is 2.42. The molecule has 1 aromatic carbocycles. The SMILES string of the molecule is CCCOc1ccc([C@H](C)NN)cc1OCCC. The summed E-state index contributed by atoms with van der Waals surface area (Å²) in [6.45, 7) is 7.57. The fourth-order valence-electron chi connectivity index (χ4n) is 1.55. The molecule has 4 nitrogen and oxygen atoms in total. The molecule has 102 valence electrons. The molecule has 0 saturated heterocycles. The van der Waals surface area contributed by atoms with Crippen LogP contribution in [0.5, 0.6) is 11.5 Å². The Morgan fingerprint density at radius 2 is 1.72 bits per heavy atom. The van der Waals surface area contributed by atoms with E-state index in [-0.39, 0.29) is 6.04 Å². The van der Waals surface area contributed by atoms with Crippen LogP contribution in [-0.2, 0) is 0 Å². The molecular formula is C14H24N2O2. The molecule has 0 spiro atoms. The number of hydrogen-bond acceptors (Lipinski definition) is 4. The lowest BCUT2D eigenvalue weighted by atomic mass is 10.1. The molecule has 1 rings (SSSR count). The van der Waals surface area contributed by atoms with E-state index in [9.17, 15) is 0 Å². The molecule has 0 aliphatic carbocycles. The number of hydrogen-bond donors (Lipinski definition) is 2. The third-order valence-electron chi connectivity index (χ3n) is 2.64. The van der Waals surface area contributed by atoms with Gasteiger partial charge in [-0.15, -0.1) is 0 Å². The first-order chi connectivity index (χ1) is 8.72. The zero-order valence-electron chi connectivity index (χ0n) is 11.5. The van der Waals surface area contributed by atoms with Crippen LogP contribution in [-0.4, -0.2) is 13.2 Å². The molecule has 0 saturated carbocycles. The fraction of sp³-hybridized carbons (Fsp3) is 0.571. The summed E-state index contributed by atoms with van der Waals surface area (Å²) in [5.41, 5.74) is 3.82. The summed E-state index contributed by atoms with van der Waals surface area (Å²) in [6, 6.07) is 6.04. The van der Waals surface area contributed by atoms with Gasteiger partial charge in [0, 0.05) is 6.04 Å². The lowest BCUT2D eigenvalue weighted by molar-refractivity contribution is 0.268. The molecule has 1 aromatic rings. The molecule has 0 bridgehead atoms. The Morgan fingerprint density at radius 3 is 2.28 bits per heavy atom. The van der Waals surface area contributed by atoms with E-state index in [2.05, 4.69) is 19.3 Å². The molecule has 3 N–H and O–H groups in total. The van der Waals surface area contributed by atoms with Crippen molar-refractivity contribution < 1.29 is 9.47 Å². The van der Waals surface area contributed by atoms with E-state index >= 15 is 0 Å². The van der Waals surface area contributed by atoms with E-state index in [1.54, 1.807) is 0 Å². The molecule has 0 aromatic heterocycles. The minimum absolute atomic E-state index is 0.0919. The van der Waals surface area contributed by atoms with Crippen molar-refractivity contribution in [2.75, 3.05) is 13.2 Å². The van der Waals surface area contributed by atoms with Gasteiger partial charge in [0.15, 0.2) is 11.5 Å². The second-order valence-electron chi connectivity index (χ2n) is 4.29. The second kappa shape index (κ2) is 7.95. The Kier molecular flexibility index (Phi) is 6.54. The van der Waals surface area contributed by atoms with Crippen LogP contribution in [0.1, 0.15) is 45.2 Å². The van der Waals surface area contributed by atoms with Gasteiger partial charge in [0.2, 0.25) is 0 Å². The Balaban J connectivity index is 2.88. The minimum atomic E-state index is 0.0919. The van der Waals surface area contributed by atoms with Crippen molar-refractivity contribution in [2.45, 2.75) is 39.7 Å². The molecule has 0 aliphatic rings. The van der Waals surface area contributed by atoms with E-state index < -0.39 is 0 Å². The van der Waals surface area contributed by atoms with Gasteiger partial charge in [0.1, 0.15) is 0 Å². The maximum atomic E-state index is 5.73. The molecule has 18 heavy (non-hydrogen) atoms.